The highest BCUT2D eigenvalue weighted by Crippen LogP contribution is 2.54. The lowest BCUT2D eigenvalue weighted by Crippen LogP contribution is -2.46. The number of likely N-dealkylation sites (tertiary alicyclic amines) is 1. The van der Waals surface area contributed by atoms with Crippen LogP contribution >= 0.6 is 0 Å². The average Bonchev–Trinajstić information content (AvgIpc) is 2.91. The Hall–Kier alpha value is -1.19. The monoisotopic (exact) mass is 209 g/mol. The van der Waals surface area contributed by atoms with Crippen molar-refractivity contribution < 1.29 is 14.4 Å². The molecule has 0 aromatic rings. The molecule has 82 valence electrons. The number of amides is 2. The summed E-state index contributed by atoms with van der Waals surface area (Å²) in [6.07, 6.45) is 3.76. The standard InChI is InChI=1S/C11H15NO3/c1-8(7-13)6-12-9(14)4-11(2-3-11)5-10(12)15/h7-8H,2-6H2,1H3. The number of piperidine rings is 1. The molecule has 2 fully saturated rings. The highest BCUT2D eigenvalue weighted by atomic mass is 16.2. The van der Waals surface area contributed by atoms with Crippen molar-refractivity contribution in [3.8, 4) is 0 Å². The number of imide groups is 1. The third-order valence-electron chi connectivity index (χ3n) is 3.31. The molecule has 2 amide bonds. The summed E-state index contributed by atoms with van der Waals surface area (Å²) in [4.78, 5) is 35.1. The molecular weight excluding hydrogens is 194 g/mol. The van der Waals surface area contributed by atoms with Crippen molar-refractivity contribution in [3.63, 3.8) is 0 Å². The van der Waals surface area contributed by atoms with E-state index in [2.05, 4.69) is 0 Å². The predicted molar refractivity (Wildman–Crippen MR) is 52.8 cm³/mol. The fraction of sp³-hybridized carbons (Fsp3) is 0.727. The number of hydrogen-bond acceptors (Lipinski definition) is 3. The van der Waals surface area contributed by atoms with Crippen LogP contribution in [0.15, 0.2) is 0 Å². The molecule has 1 heterocycles. The maximum Gasteiger partial charge on any atom is 0.229 e. The van der Waals surface area contributed by atoms with E-state index in [1.54, 1.807) is 6.92 Å². The fourth-order valence-corrected chi connectivity index (χ4v) is 2.10. The summed E-state index contributed by atoms with van der Waals surface area (Å²) < 4.78 is 0. The molecule has 4 nitrogen and oxygen atoms in total. The normalized spacial score (nSPS) is 25.5. The minimum absolute atomic E-state index is 0.00901. The van der Waals surface area contributed by atoms with Gasteiger partial charge in [-0.15, -0.1) is 0 Å². The van der Waals surface area contributed by atoms with Crippen LogP contribution in [0, 0.1) is 11.3 Å². The molecule has 1 aliphatic carbocycles. The molecule has 0 aromatic carbocycles. The smallest absolute Gasteiger partial charge is 0.229 e. The van der Waals surface area contributed by atoms with Gasteiger partial charge in [-0.3, -0.25) is 14.5 Å². The second kappa shape index (κ2) is 3.43. The molecule has 0 bridgehead atoms. The van der Waals surface area contributed by atoms with Crippen LogP contribution in [0.25, 0.3) is 0 Å². The second-order valence-corrected chi connectivity index (χ2v) is 4.87. The first-order chi connectivity index (χ1) is 7.06. The van der Waals surface area contributed by atoms with E-state index in [0.29, 0.717) is 12.8 Å². The quantitative estimate of drug-likeness (QED) is 0.509. The van der Waals surface area contributed by atoms with Crippen molar-refractivity contribution in [2.75, 3.05) is 6.54 Å². The number of aldehydes is 1. The maximum atomic E-state index is 11.7. The van der Waals surface area contributed by atoms with Gasteiger partial charge in [0.1, 0.15) is 6.29 Å². The molecular formula is C11H15NO3. The molecule has 15 heavy (non-hydrogen) atoms. The van der Waals surface area contributed by atoms with E-state index in [1.165, 1.54) is 4.90 Å². The van der Waals surface area contributed by atoms with Gasteiger partial charge in [-0.05, 0) is 18.3 Å². The van der Waals surface area contributed by atoms with Crippen LogP contribution in [-0.4, -0.2) is 29.5 Å². The molecule has 1 aliphatic heterocycles. The Morgan fingerprint density at radius 3 is 2.27 bits per heavy atom. The van der Waals surface area contributed by atoms with Crippen molar-refractivity contribution in [1.82, 2.24) is 4.90 Å². The first-order valence-corrected chi connectivity index (χ1v) is 5.35. The van der Waals surface area contributed by atoms with E-state index in [4.69, 9.17) is 0 Å². The van der Waals surface area contributed by atoms with Gasteiger partial charge in [-0.25, -0.2) is 0 Å². The molecule has 2 aliphatic rings. The van der Waals surface area contributed by atoms with Crippen LogP contribution in [0.5, 0.6) is 0 Å². The Kier molecular flexibility index (Phi) is 2.37. The van der Waals surface area contributed by atoms with Gasteiger partial charge in [0, 0.05) is 25.3 Å². The van der Waals surface area contributed by atoms with Crippen LogP contribution < -0.4 is 0 Å². The van der Waals surface area contributed by atoms with Gasteiger partial charge in [-0.2, -0.15) is 0 Å². The van der Waals surface area contributed by atoms with Gasteiger partial charge in [0.25, 0.3) is 0 Å². The molecule has 1 atom stereocenters. The third kappa shape index (κ3) is 1.94. The Labute approximate surface area is 88.6 Å². The van der Waals surface area contributed by atoms with E-state index in [-0.39, 0.29) is 29.7 Å². The Morgan fingerprint density at radius 2 is 1.87 bits per heavy atom. The summed E-state index contributed by atoms with van der Waals surface area (Å²) in [6.45, 7) is 1.96. The predicted octanol–water partition coefficient (Wildman–Crippen LogP) is 0.751. The van der Waals surface area contributed by atoms with Gasteiger partial charge in [0.05, 0.1) is 0 Å². The van der Waals surface area contributed by atoms with E-state index in [1.807, 2.05) is 0 Å². The highest BCUT2D eigenvalue weighted by molar-refractivity contribution is 5.99. The van der Waals surface area contributed by atoms with E-state index in [0.717, 1.165) is 19.1 Å². The molecule has 1 spiro atoms. The van der Waals surface area contributed by atoms with Gasteiger partial charge in [0.2, 0.25) is 11.8 Å². The van der Waals surface area contributed by atoms with Crippen molar-refractivity contribution in [2.45, 2.75) is 32.6 Å². The zero-order chi connectivity index (χ0) is 11.1. The lowest BCUT2D eigenvalue weighted by molar-refractivity contribution is -0.151. The number of rotatable bonds is 3. The topological polar surface area (TPSA) is 54.5 Å². The minimum atomic E-state index is -0.258. The Balaban J connectivity index is 2.03. The molecule has 0 aromatic heterocycles. The Bertz CT molecular complexity index is 300. The minimum Gasteiger partial charge on any atom is -0.303 e. The number of nitrogens with zero attached hydrogens (tertiary/aromatic N) is 1. The van der Waals surface area contributed by atoms with Gasteiger partial charge >= 0.3 is 0 Å². The summed E-state index contributed by atoms with van der Waals surface area (Å²) in [5.74, 6) is -0.457. The lowest BCUT2D eigenvalue weighted by Gasteiger charge is -2.30. The van der Waals surface area contributed by atoms with Crippen molar-refractivity contribution >= 4 is 18.1 Å². The fourth-order valence-electron chi connectivity index (χ4n) is 2.10. The Morgan fingerprint density at radius 1 is 1.33 bits per heavy atom. The van der Waals surface area contributed by atoms with Crippen molar-refractivity contribution in [2.24, 2.45) is 11.3 Å². The first kappa shape index (κ1) is 10.3. The summed E-state index contributed by atoms with van der Waals surface area (Å²) in [5.41, 5.74) is 0.00901. The van der Waals surface area contributed by atoms with Crippen LogP contribution in [0.2, 0.25) is 0 Å². The molecule has 1 unspecified atom stereocenters. The number of carbonyl (C=O) groups is 3. The molecule has 4 heteroatoms. The van der Waals surface area contributed by atoms with Gasteiger partial charge in [0.15, 0.2) is 0 Å². The SMILES string of the molecule is CC(C=O)CN1C(=O)CC2(CC2)CC1=O. The van der Waals surface area contributed by atoms with E-state index >= 15 is 0 Å². The van der Waals surface area contributed by atoms with Gasteiger partial charge in [-0.1, -0.05) is 6.92 Å². The maximum absolute atomic E-state index is 11.7. The zero-order valence-corrected chi connectivity index (χ0v) is 8.86. The lowest BCUT2D eigenvalue weighted by atomic mass is 9.92. The first-order valence-electron chi connectivity index (χ1n) is 5.35. The number of hydrogen-bond donors (Lipinski definition) is 0. The largest absolute Gasteiger partial charge is 0.303 e. The number of carbonyl (C=O) groups excluding carboxylic acids is 3. The molecule has 2 rings (SSSR count). The van der Waals surface area contributed by atoms with Crippen molar-refractivity contribution in [1.29, 1.82) is 0 Å². The summed E-state index contributed by atoms with van der Waals surface area (Å²) >= 11 is 0. The summed E-state index contributed by atoms with van der Waals surface area (Å²) in [5, 5.41) is 0. The van der Waals surface area contributed by atoms with E-state index < -0.39 is 0 Å². The molecule has 0 radical (unpaired) electrons. The molecule has 0 N–H and O–H groups in total. The highest BCUT2D eigenvalue weighted by Gasteiger charge is 2.51. The van der Waals surface area contributed by atoms with Crippen LogP contribution in [-0.2, 0) is 14.4 Å². The molecule has 1 saturated heterocycles. The van der Waals surface area contributed by atoms with Crippen LogP contribution in [0.3, 0.4) is 0 Å². The molecule has 1 saturated carbocycles. The second-order valence-electron chi connectivity index (χ2n) is 4.87. The van der Waals surface area contributed by atoms with E-state index in [9.17, 15) is 14.4 Å². The van der Waals surface area contributed by atoms with Crippen LogP contribution in [0.1, 0.15) is 32.6 Å². The third-order valence-corrected chi connectivity index (χ3v) is 3.31. The zero-order valence-electron chi connectivity index (χ0n) is 8.86. The average molecular weight is 209 g/mol. The summed E-state index contributed by atoms with van der Waals surface area (Å²) in [7, 11) is 0. The van der Waals surface area contributed by atoms with Gasteiger partial charge < -0.3 is 4.79 Å². The van der Waals surface area contributed by atoms with Crippen molar-refractivity contribution in [3.05, 3.63) is 0 Å². The van der Waals surface area contributed by atoms with Crippen LogP contribution in [0.4, 0.5) is 0 Å². The summed E-state index contributed by atoms with van der Waals surface area (Å²) in [6, 6.07) is 0.